The van der Waals surface area contributed by atoms with Gasteiger partial charge >= 0.3 is 0 Å². The van der Waals surface area contributed by atoms with Crippen molar-refractivity contribution in [2.75, 3.05) is 7.11 Å². The summed E-state index contributed by atoms with van der Waals surface area (Å²) in [7, 11) is 1.34. The van der Waals surface area contributed by atoms with Gasteiger partial charge in [0, 0.05) is 11.6 Å². The Morgan fingerprint density at radius 1 is 1.09 bits per heavy atom. The number of ether oxygens (including phenoxy) is 1. The van der Waals surface area contributed by atoms with Gasteiger partial charge in [0.2, 0.25) is 0 Å². The van der Waals surface area contributed by atoms with Crippen LogP contribution in [0.5, 0.6) is 11.5 Å². The third-order valence-corrected chi connectivity index (χ3v) is 5.96. The normalized spacial score (nSPS) is 17.3. The largest absolute Gasteiger partial charge is 0.508 e. The van der Waals surface area contributed by atoms with Crippen LogP contribution in [0.1, 0.15) is 22.7 Å². The Bertz CT molecular complexity index is 1320. The number of aliphatic hydroxyl groups is 1. The van der Waals surface area contributed by atoms with Crippen molar-refractivity contribution in [1.29, 1.82) is 0 Å². The Morgan fingerprint density at radius 2 is 1.79 bits per heavy atom. The summed E-state index contributed by atoms with van der Waals surface area (Å²) in [6.07, 6.45) is 0. The Labute approximate surface area is 204 Å². The molecule has 174 valence electrons. The van der Waals surface area contributed by atoms with Gasteiger partial charge in [-0.05, 0) is 47.5 Å². The van der Waals surface area contributed by atoms with Gasteiger partial charge < -0.3 is 19.8 Å². The summed E-state index contributed by atoms with van der Waals surface area (Å²) in [5, 5.41) is 21.6. The van der Waals surface area contributed by atoms with E-state index in [-0.39, 0.29) is 39.2 Å². The first-order chi connectivity index (χ1) is 16.2. The molecule has 0 bridgehead atoms. The Balaban J connectivity index is 1.93. The molecule has 6 nitrogen and oxygen atoms in total. The number of likely N-dealkylation sites (tertiary alicyclic amines) is 1. The lowest BCUT2D eigenvalue weighted by atomic mass is 9.94. The van der Waals surface area contributed by atoms with E-state index >= 15 is 0 Å². The predicted molar refractivity (Wildman–Crippen MR) is 125 cm³/mol. The Hall–Kier alpha value is -3.55. The maximum atomic E-state index is 13.4. The molecule has 0 aromatic heterocycles. The smallest absolute Gasteiger partial charge is 0.295 e. The van der Waals surface area contributed by atoms with Crippen molar-refractivity contribution in [3.05, 3.63) is 98.8 Å². The van der Waals surface area contributed by atoms with E-state index < -0.39 is 29.3 Å². The fourth-order valence-electron chi connectivity index (χ4n) is 3.96. The summed E-state index contributed by atoms with van der Waals surface area (Å²) >= 11 is 12.3. The van der Waals surface area contributed by atoms with E-state index in [2.05, 4.69) is 0 Å². The molecule has 9 heteroatoms. The molecule has 1 saturated heterocycles. The number of benzene rings is 3. The highest BCUT2D eigenvalue weighted by Gasteiger charge is 2.46. The number of halogens is 3. The topological polar surface area (TPSA) is 87.1 Å². The monoisotopic (exact) mass is 501 g/mol. The minimum Gasteiger partial charge on any atom is -0.508 e. The molecule has 1 aliphatic rings. The number of phenolic OH excluding ortho intramolecular Hbond substituents is 1. The summed E-state index contributed by atoms with van der Waals surface area (Å²) in [6, 6.07) is 13.2. The first-order valence-corrected chi connectivity index (χ1v) is 10.8. The van der Waals surface area contributed by atoms with Crippen molar-refractivity contribution < 1.29 is 28.9 Å². The van der Waals surface area contributed by atoms with Crippen LogP contribution in [0.3, 0.4) is 0 Å². The SMILES string of the molecule is COc1c(Cl)cc(Cl)cc1/C(O)=C1\C(=O)C(=O)N(Cc2ccc(F)cc2)C1c1cccc(O)c1. The molecule has 1 atom stereocenters. The van der Waals surface area contributed by atoms with Crippen LogP contribution in [-0.4, -0.2) is 33.9 Å². The first kappa shape index (κ1) is 23.6. The van der Waals surface area contributed by atoms with Gasteiger partial charge in [-0.15, -0.1) is 0 Å². The number of methoxy groups -OCH3 is 1. The molecule has 1 fully saturated rings. The van der Waals surface area contributed by atoms with Gasteiger partial charge in [0.25, 0.3) is 11.7 Å². The number of carbonyl (C=O) groups is 2. The summed E-state index contributed by atoms with van der Waals surface area (Å²) < 4.78 is 18.7. The van der Waals surface area contributed by atoms with Gasteiger partial charge in [-0.1, -0.05) is 47.5 Å². The van der Waals surface area contributed by atoms with E-state index in [1.54, 1.807) is 12.1 Å². The zero-order valence-electron chi connectivity index (χ0n) is 17.8. The molecule has 1 aliphatic heterocycles. The molecule has 1 amide bonds. The number of phenols is 1. The predicted octanol–water partition coefficient (Wildman–Crippen LogP) is 5.47. The number of rotatable bonds is 5. The van der Waals surface area contributed by atoms with Gasteiger partial charge in [0.1, 0.15) is 23.1 Å². The van der Waals surface area contributed by atoms with Crippen molar-refractivity contribution in [2.45, 2.75) is 12.6 Å². The van der Waals surface area contributed by atoms with Crippen LogP contribution in [0.15, 0.2) is 66.2 Å². The summed E-state index contributed by atoms with van der Waals surface area (Å²) in [5.74, 6) is -2.80. The summed E-state index contributed by atoms with van der Waals surface area (Å²) in [5.41, 5.74) is 0.756. The number of amides is 1. The maximum absolute atomic E-state index is 13.4. The zero-order valence-corrected chi connectivity index (χ0v) is 19.3. The van der Waals surface area contributed by atoms with Crippen molar-refractivity contribution in [3.63, 3.8) is 0 Å². The lowest BCUT2D eigenvalue weighted by Gasteiger charge is -2.25. The van der Waals surface area contributed by atoms with Crippen LogP contribution < -0.4 is 4.74 Å². The van der Waals surface area contributed by atoms with Crippen molar-refractivity contribution in [2.24, 2.45) is 0 Å². The number of aromatic hydroxyl groups is 1. The molecule has 4 rings (SSSR count). The van der Waals surface area contributed by atoms with E-state index in [9.17, 15) is 24.2 Å². The summed E-state index contributed by atoms with van der Waals surface area (Å²) in [6.45, 7) is -0.0462. The Morgan fingerprint density at radius 3 is 2.44 bits per heavy atom. The molecule has 0 spiro atoms. The number of ketones is 1. The lowest BCUT2D eigenvalue weighted by Crippen LogP contribution is -2.29. The van der Waals surface area contributed by atoms with Crippen molar-refractivity contribution >= 4 is 40.7 Å². The third kappa shape index (κ3) is 4.32. The van der Waals surface area contributed by atoms with Crippen molar-refractivity contribution in [3.8, 4) is 11.5 Å². The molecule has 1 heterocycles. The second-order valence-corrected chi connectivity index (χ2v) is 8.46. The minimum atomic E-state index is -1.06. The van der Waals surface area contributed by atoms with Crippen LogP contribution in [-0.2, 0) is 16.1 Å². The highest BCUT2D eigenvalue weighted by atomic mass is 35.5. The molecule has 3 aromatic rings. The van der Waals surface area contributed by atoms with Gasteiger partial charge in [-0.2, -0.15) is 0 Å². The second kappa shape index (κ2) is 9.37. The molecule has 3 aromatic carbocycles. The average Bonchev–Trinajstić information content (AvgIpc) is 3.04. The van der Waals surface area contributed by atoms with Gasteiger partial charge in [0.05, 0.1) is 29.3 Å². The van der Waals surface area contributed by atoms with Crippen LogP contribution in [0.2, 0.25) is 10.0 Å². The number of hydrogen-bond donors (Lipinski definition) is 2. The number of carbonyl (C=O) groups excluding carboxylic acids is 2. The molecule has 34 heavy (non-hydrogen) atoms. The molecule has 0 aliphatic carbocycles. The van der Waals surface area contributed by atoms with Gasteiger partial charge in [-0.3, -0.25) is 9.59 Å². The van der Waals surface area contributed by atoms with E-state index in [1.807, 2.05) is 0 Å². The van der Waals surface area contributed by atoms with Crippen LogP contribution in [0.4, 0.5) is 4.39 Å². The quantitative estimate of drug-likeness (QED) is 0.275. The highest BCUT2D eigenvalue weighted by Crippen LogP contribution is 2.44. The fraction of sp³-hybridized carbons (Fsp3) is 0.120. The second-order valence-electron chi connectivity index (χ2n) is 7.62. The van der Waals surface area contributed by atoms with E-state index in [0.717, 1.165) is 0 Å². The lowest BCUT2D eigenvalue weighted by molar-refractivity contribution is -0.140. The van der Waals surface area contributed by atoms with E-state index in [0.29, 0.717) is 11.1 Å². The highest BCUT2D eigenvalue weighted by molar-refractivity contribution is 6.46. The Kier molecular flexibility index (Phi) is 6.50. The standard InChI is InChI=1S/C25H18Cl2FNO5/c1-34-24-18(10-15(26)11-19(24)27)22(31)20-21(14-3-2-4-17(30)9-14)29(25(33)23(20)32)12-13-5-7-16(28)8-6-13/h2-11,21,30-31H,12H2,1H3/b22-20+. The van der Waals surface area contributed by atoms with Crippen LogP contribution in [0.25, 0.3) is 5.76 Å². The number of nitrogens with zero attached hydrogens (tertiary/aromatic N) is 1. The fourth-order valence-corrected chi connectivity index (χ4v) is 4.53. The van der Waals surface area contributed by atoms with Crippen LogP contribution >= 0.6 is 23.2 Å². The number of hydrogen-bond acceptors (Lipinski definition) is 5. The third-order valence-electron chi connectivity index (χ3n) is 5.46. The van der Waals surface area contributed by atoms with Gasteiger partial charge in [0.15, 0.2) is 0 Å². The van der Waals surface area contributed by atoms with Gasteiger partial charge in [-0.25, -0.2) is 4.39 Å². The molecule has 1 unspecified atom stereocenters. The average molecular weight is 502 g/mol. The van der Waals surface area contributed by atoms with Crippen LogP contribution in [0, 0.1) is 5.82 Å². The molecule has 0 radical (unpaired) electrons. The van der Waals surface area contributed by atoms with E-state index in [4.69, 9.17) is 27.9 Å². The zero-order chi connectivity index (χ0) is 24.6. The molecular formula is C25H18Cl2FNO5. The minimum absolute atomic E-state index is 0.0323. The summed E-state index contributed by atoms with van der Waals surface area (Å²) in [4.78, 5) is 27.5. The van der Waals surface area contributed by atoms with Crippen molar-refractivity contribution in [1.82, 2.24) is 4.90 Å². The number of aliphatic hydroxyl groups excluding tert-OH is 1. The maximum Gasteiger partial charge on any atom is 0.295 e. The molecular weight excluding hydrogens is 484 g/mol. The number of Topliss-reactive ketones (excluding diaryl/α,β-unsaturated/α-hetero) is 1. The molecule has 0 saturated carbocycles. The molecule has 2 N–H and O–H groups in total. The van der Waals surface area contributed by atoms with E-state index in [1.165, 1.54) is 60.5 Å². The first-order valence-electron chi connectivity index (χ1n) is 10.1.